The van der Waals surface area contributed by atoms with Crippen molar-refractivity contribution in [3.63, 3.8) is 0 Å². The Morgan fingerprint density at radius 1 is 0.973 bits per heavy atom. The number of carbonyl (C=O) groups is 1. The minimum Gasteiger partial charge on any atom is -0.497 e. The minimum atomic E-state index is -4.06. The van der Waals surface area contributed by atoms with Gasteiger partial charge in [-0.3, -0.25) is 9.10 Å². The van der Waals surface area contributed by atoms with E-state index in [1.807, 2.05) is 20.8 Å². The summed E-state index contributed by atoms with van der Waals surface area (Å²) in [6, 6.07) is 18.2. The highest BCUT2D eigenvalue weighted by Gasteiger charge is 2.27. The summed E-state index contributed by atoms with van der Waals surface area (Å²) in [6.45, 7) is 6.09. The third kappa shape index (κ3) is 7.23. The third-order valence-electron chi connectivity index (χ3n) is 5.21. The number of amides is 1. The zero-order valence-corrected chi connectivity index (χ0v) is 22.1. The molecule has 0 spiro atoms. The number of carbonyl (C=O) groups excluding carboxylic acids is 1. The van der Waals surface area contributed by atoms with Crippen molar-refractivity contribution in [2.24, 2.45) is 5.10 Å². The number of rotatable bonds is 12. The fourth-order valence-electron chi connectivity index (χ4n) is 3.41. The van der Waals surface area contributed by atoms with Crippen molar-refractivity contribution in [1.29, 1.82) is 0 Å². The van der Waals surface area contributed by atoms with Crippen LogP contribution in [0.5, 0.6) is 17.2 Å². The first-order valence-corrected chi connectivity index (χ1v) is 13.2. The maximum Gasteiger partial charge on any atom is 0.264 e. The van der Waals surface area contributed by atoms with Crippen molar-refractivity contribution in [1.82, 2.24) is 5.43 Å². The van der Waals surface area contributed by atoms with E-state index in [1.165, 1.54) is 25.5 Å². The number of sulfonamides is 1. The fraction of sp³-hybridized carbons (Fsp3) is 0.259. The first-order chi connectivity index (χ1) is 17.8. The molecule has 9 nitrogen and oxygen atoms in total. The Bertz CT molecular complexity index is 1340. The molecule has 3 aromatic rings. The highest BCUT2D eigenvalue weighted by atomic mass is 32.2. The van der Waals surface area contributed by atoms with Crippen LogP contribution in [0.4, 0.5) is 5.69 Å². The summed E-state index contributed by atoms with van der Waals surface area (Å²) >= 11 is 0. The van der Waals surface area contributed by atoms with Crippen molar-refractivity contribution in [2.75, 3.05) is 31.2 Å². The molecule has 196 valence electrons. The third-order valence-corrected chi connectivity index (χ3v) is 7.00. The van der Waals surface area contributed by atoms with Gasteiger partial charge in [0.15, 0.2) is 11.5 Å². The zero-order chi connectivity index (χ0) is 26.8. The lowest BCUT2D eigenvalue weighted by molar-refractivity contribution is -0.119. The quantitative estimate of drug-likeness (QED) is 0.281. The van der Waals surface area contributed by atoms with Crippen molar-refractivity contribution < 1.29 is 27.4 Å². The van der Waals surface area contributed by atoms with Gasteiger partial charge >= 0.3 is 0 Å². The number of aryl methyl sites for hydroxylation is 1. The number of nitrogens with one attached hydrogen (secondary N) is 1. The van der Waals surface area contributed by atoms with Gasteiger partial charge in [0.05, 0.1) is 37.1 Å². The number of hydrogen-bond donors (Lipinski definition) is 1. The molecule has 0 fully saturated rings. The van der Waals surface area contributed by atoms with Crippen LogP contribution in [0.1, 0.15) is 25.0 Å². The predicted octanol–water partition coefficient (Wildman–Crippen LogP) is 4.15. The molecule has 10 heteroatoms. The number of anilines is 1. The highest BCUT2D eigenvalue weighted by molar-refractivity contribution is 7.92. The molecular formula is C27H31N3O6S. The lowest BCUT2D eigenvalue weighted by Gasteiger charge is -2.24. The van der Waals surface area contributed by atoms with Gasteiger partial charge < -0.3 is 14.2 Å². The minimum absolute atomic E-state index is 0.0649. The van der Waals surface area contributed by atoms with Crippen LogP contribution in [0, 0.1) is 6.92 Å². The van der Waals surface area contributed by atoms with Crippen LogP contribution >= 0.6 is 0 Å². The lowest BCUT2D eigenvalue weighted by Crippen LogP contribution is -2.39. The van der Waals surface area contributed by atoms with Gasteiger partial charge in [-0.25, -0.2) is 13.8 Å². The average Bonchev–Trinajstić information content (AvgIpc) is 2.89. The van der Waals surface area contributed by atoms with Gasteiger partial charge in [0.1, 0.15) is 12.3 Å². The highest BCUT2D eigenvalue weighted by Crippen LogP contribution is 2.28. The summed E-state index contributed by atoms with van der Waals surface area (Å²) in [5.41, 5.74) is 4.28. The van der Waals surface area contributed by atoms with E-state index in [-0.39, 0.29) is 10.6 Å². The van der Waals surface area contributed by atoms with Crippen molar-refractivity contribution in [2.45, 2.75) is 25.7 Å². The SMILES string of the molecule is CCOc1ccc(/C=N\NC(=O)CN(c2cccc(OC)c2)S(=O)(=O)c2ccc(C)cc2)cc1OCC. The standard InChI is InChI=1S/C27H31N3O6S/c1-5-35-25-15-12-21(16-26(25)36-6-2)18-28-29-27(31)19-30(22-8-7-9-23(17-22)34-4)37(32,33)24-13-10-20(3)11-14-24/h7-18H,5-6,19H2,1-4H3,(H,29,31)/b28-18-. The molecule has 37 heavy (non-hydrogen) atoms. The fourth-order valence-corrected chi connectivity index (χ4v) is 4.82. The second kappa shape index (κ2) is 12.8. The summed E-state index contributed by atoms with van der Waals surface area (Å²) in [4.78, 5) is 12.9. The number of hydrazone groups is 1. The van der Waals surface area contributed by atoms with E-state index in [2.05, 4.69) is 10.5 Å². The molecule has 1 amide bonds. The van der Waals surface area contributed by atoms with E-state index >= 15 is 0 Å². The van der Waals surface area contributed by atoms with Crippen LogP contribution in [0.15, 0.2) is 76.7 Å². The summed E-state index contributed by atoms with van der Waals surface area (Å²) in [7, 11) is -2.57. The maximum atomic E-state index is 13.5. The Labute approximate surface area is 217 Å². The normalized spacial score (nSPS) is 11.2. The molecule has 0 aliphatic heterocycles. The van der Waals surface area contributed by atoms with Crippen molar-refractivity contribution in [3.8, 4) is 17.2 Å². The Morgan fingerprint density at radius 3 is 2.35 bits per heavy atom. The average molecular weight is 526 g/mol. The van der Waals surface area contributed by atoms with E-state index in [9.17, 15) is 13.2 Å². The number of hydrogen-bond acceptors (Lipinski definition) is 7. The van der Waals surface area contributed by atoms with E-state index in [4.69, 9.17) is 14.2 Å². The Morgan fingerprint density at radius 2 is 1.68 bits per heavy atom. The molecule has 0 aliphatic carbocycles. The van der Waals surface area contributed by atoms with Gasteiger partial charge in [-0.1, -0.05) is 23.8 Å². The van der Waals surface area contributed by atoms with Crippen LogP contribution in [-0.2, 0) is 14.8 Å². The first kappa shape index (κ1) is 27.5. The van der Waals surface area contributed by atoms with Gasteiger partial charge in [-0.2, -0.15) is 5.10 Å². The van der Waals surface area contributed by atoms with Crippen molar-refractivity contribution in [3.05, 3.63) is 77.9 Å². The van der Waals surface area contributed by atoms with Gasteiger partial charge in [-0.05, 0) is 68.8 Å². The summed E-state index contributed by atoms with van der Waals surface area (Å²) in [5.74, 6) is 1.01. The second-order valence-electron chi connectivity index (χ2n) is 7.89. The van der Waals surface area contributed by atoms with Gasteiger partial charge in [-0.15, -0.1) is 0 Å². The molecule has 0 saturated heterocycles. The monoisotopic (exact) mass is 525 g/mol. The van der Waals surface area contributed by atoms with Crippen LogP contribution < -0.4 is 23.9 Å². The molecule has 0 bridgehead atoms. The summed E-state index contributed by atoms with van der Waals surface area (Å²) in [5, 5.41) is 4.00. The zero-order valence-electron chi connectivity index (χ0n) is 21.3. The summed E-state index contributed by atoms with van der Waals surface area (Å²) in [6.07, 6.45) is 1.44. The van der Waals surface area contributed by atoms with E-state index < -0.39 is 22.5 Å². The molecule has 0 aromatic heterocycles. The maximum absolute atomic E-state index is 13.5. The molecule has 0 unspecified atom stereocenters. The molecule has 0 saturated carbocycles. The number of ether oxygens (including phenoxy) is 3. The van der Waals surface area contributed by atoms with Crippen molar-refractivity contribution >= 4 is 27.8 Å². The Kier molecular flexibility index (Phi) is 9.51. The van der Waals surface area contributed by atoms with E-state index in [0.29, 0.717) is 36.0 Å². The van der Waals surface area contributed by atoms with E-state index in [0.717, 1.165) is 9.87 Å². The number of nitrogens with zero attached hydrogens (tertiary/aromatic N) is 2. The number of methoxy groups -OCH3 is 1. The van der Waals surface area contributed by atoms with Gasteiger partial charge in [0.25, 0.3) is 15.9 Å². The molecule has 0 aliphatic rings. The first-order valence-electron chi connectivity index (χ1n) is 11.7. The Balaban J connectivity index is 1.82. The summed E-state index contributed by atoms with van der Waals surface area (Å²) < 4.78 is 44.4. The van der Waals surface area contributed by atoms with Crippen LogP contribution in [0.2, 0.25) is 0 Å². The predicted molar refractivity (Wildman–Crippen MR) is 143 cm³/mol. The van der Waals surface area contributed by atoms with E-state index in [1.54, 1.807) is 54.6 Å². The topological polar surface area (TPSA) is 107 Å². The molecule has 3 aromatic carbocycles. The molecule has 3 rings (SSSR count). The molecule has 1 N–H and O–H groups in total. The second-order valence-corrected chi connectivity index (χ2v) is 9.75. The van der Waals surface area contributed by atoms with Crippen LogP contribution in [0.3, 0.4) is 0 Å². The largest absolute Gasteiger partial charge is 0.497 e. The molecular weight excluding hydrogens is 494 g/mol. The Hall–Kier alpha value is -4.05. The van der Waals surface area contributed by atoms with Gasteiger partial charge in [0, 0.05) is 6.07 Å². The van der Waals surface area contributed by atoms with Crippen LogP contribution in [0.25, 0.3) is 0 Å². The smallest absolute Gasteiger partial charge is 0.264 e. The van der Waals surface area contributed by atoms with Gasteiger partial charge in [0.2, 0.25) is 0 Å². The lowest BCUT2D eigenvalue weighted by atomic mass is 10.2. The molecule has 0 atom stereocenters. The number of benzene rings is 3. The molecule has 0 heterocycles. The molecule has 0 radical (unpaired) electrons. The van der Waals surface area contributed by atoms with Crippen LogP contribution in [-0.4, -0.2) is 47.4 Å².